The van der Waals surface area contributed by atoms with E-state index in [0.29, 0.717) is 29.5 Å². The number of fused-ring (bicyclic) bond motifs is 1. The van der Waals surface area contributed by atoms with Crippen molar-refractivity contribution in [1.29, 1.82) is 0 Å². The second kappa shape index (κ2) is 11.6. The number of halogens is 1. The Morgan fingerprint density at radius 1 is 1.08 bits per heavy atom. The first kappa shape index (κ1) is 27.9. The summed E-state index contributed by atoms with van der Waals surface area (Å²) in [5.74, 6) is -1.02. The zero-order valence-corrected chi connectivity index (χ0v) is 22.0. The van der Waals surface area contributed by atoms with Crippen molar-refractivity contribution in [2.45, 2.75) is 38.8 Å². The van der Waals surface area contributed by atoms with Gasteiger partial charge in [-0.15, -0.1) is 12.4 Å². The number of imide groups is 2. The summed E-state index contributed by atoms with van der Waals surface area (Å²) in [5.41, 5.74) is 1.38. The molecular formula is C26H31ClN4O6. The van der Waals surface area contributed by atoms with E-state index in [1.807, 2.05) is 32.8 Å². The maximum Gasteiger partial charge on any atom is 0.264 e. The SMILES string of the molecule is CC(C)Oc1cc(OCCN(C)C)ccc1Nc1cccc2c1C(=O)N(C1CCC(=O)NC1=O)C2=O.Cl. The van der Waals surface area contributed by atoms with Crippen molar-refractivity contribution < 1.29 is 28.7 Å². The summed E-state index contributed by atoms with van der Waals surface area (Å²) in [4.78, 5) is 53.4. The highest BCUT2D eigenvalue weighted by molar-refractivity contribution is 6.25. The van der Waals surface area contributed by atoms with E-state index in [4.69, 9.17) is 9.47 Å². The van der Waals surface area contributed by atoms with Crippen molar-refractivity contribution in [3.8, 4) is 11.5 Å². The number of carbonyl (C=O) groups excluding carboxylic acids is 4. The predicted molar refractivity (Wildman–Crippen MR) is 140 cm³/mol. The quantitative estimate of drug-likeness (QED) is 0.475. The number of benzene rings is 2. The molecule has 37 heavy (non-hydrogen) atoms. The van der Waals surface area contributed by atoms with E-state index in [9.17, 15) is 19.2 Å². The zero-order chi connectivity index (χ0) is 26.0. The molecule has 10 nitrogen and oxygen atoms in total. The van der Waals surface area contributed by atoms with Crippen molar-refractivity contribution in [3.63, 3.8) is 0 Å². The Morgan fingerprint density at radius 3 is 2.51 bits per heavy atom. The van der Waals surface area contributed by atoms with Gasteiger partial charge in [0.2, 0.25) is 11.8 Å². The molecular weight excluding hydrogens is 500 g/mol. The van der Waals surface area contributed by atoms with Gasteiger partial charge in [0.05, 0.1) is 28.6 Å². The maximum absolute atomic E-state index is 13.4. The number of ether oxygens (including phenoxy) is 2. The van der Waals surface area contributed by atoms with Gasteiger partial charge in [-0.3, -0.25) is 29.4 Å². The van der Waals surface area contributed by atoms with E-state index in [-0.39, 0.29) is 42.5 Å². The highest BCUT2D eigenvalue weighted by atomic mass is 35.5. The summed E-state index contributed by atoms with van der Waals surface area (Å²) in [6.07, 6.45) is 0.0456. The molecule has 0 saturated carbocycles. The number of nitrogens with one attached hydrogen (secondary N) is 2. The Balaban J connectivity index is 0.00000380. The Bertz CT molecular complexity index is 1220. The fourth-order valence-corrected chi connectivity index (χ4v) is 4.16. The van der Waals surface area contributed by atoms with E-state index in [1.165, 1.54) is 0 Å². The zero-order valence-electron chi connectivity index (χ0n) is 21.2. The molecule has 0 spiro atoms. The molecule has 2 aromatic rings. The molecule has 0 radical (unpaired) electrons. The van der Waals surface area contributed by atoms with Crippen LogP contribution in [-0.4, -0.2) is 72.8 Å². The minimum Gasteiger partial charge on any atom is -0.492 e. The van der Waals surface area contributed by atoms with Crippen LogP contribution in [-0.2, 0) is 9.59 Å². The third-order valence-corrected chi connectivity index (χ3v) is 5.86. The number of nitrogens with zero attached hydrogens (tertiary/aromatic N) is 2. The first-order valence-corrected chi connectivity index (χ1v) is 11.9. The molecule has 1 saturated heterocycles. The summed E-state index contributed by atoms with van der Waals surface area (Å²) in [6, 6.07) is 9.27. The number of hydrogen-bond donors (Lipinski definition) is 2. The van der Waals surface area contributed by atoms with Crippen molar-refractivity contribution >= 4 is 47.4 Å². The molecule has 2 aliphatic rings. The lowest BCUT2D eigenvalue weighted by Crippen LogP contribution is -2.54. The fourth-order valence-electron chi connectivity index (χ4n) is 4.16. The molecule has 0 aromatic heterocycles. The average Bonchev–Trinajstić information content (AvgIpc) is 3.06. The number of anilines is 2. The van der Waals surface area contributed by atoms with Crippen molar-refractivity contribution in [2.24, 2.45) is 0 Å². The monoisotopic (exact) mass is 530 g/mol. The predicted octanol–water partition coefficient (Wildman–Crippen LogP) is 2.98. The molecule has 198 valence electrons. The largest absolute Gasteiger partial charge is 0.492 e. The molecule has 1 atom stereocenters. The number of amides is 4. The fraction of sp³-hybridized carbons (Fsp3) is 0.385. The van der Waals surface area contributed by atoms with Crippen LogP contribution in [0.3, 0.4) is 0 Å². The highest BCUT2D eigenvalue weighted by Crippen LogP contribution is 2.37. The second-order valence-corrected chi connectivity index (χ2v) is 9.28. The van der Waals surface area contributed by atoms with Gasteiger partial charge >= 0.3 is 0 Å². The summed E-state index contributed by atoms with van der Waals surface area (Å²) in [7, 11) is 3.94. The van der Waals surface area contributed by atoms with E-state index in [1.54, 1.807) is 36.4 Å². The van der Waals surface area contributed by atoms with Crippen LogP contribution >= 0.6 is 12.4 Å². The molecule has 1 unspecified atom stereocenters. The van der Waals surface area contributed by atoms with E-state index in [0.717, 1.165) is 11.4 Å². The van der Waals surface area contributed by atoms with Gasteiger partial charge in [0.25, 0.3) is 11.8 Å². The molecule has 0 bridgehead atoms. The summed E-state index contributed by atoms with van der Waals surface area (Å²) < 4.78 is 11.8. The van der Waals surface area contributed by atoms with E-state index < -0.39 is 29.7 Å². The van der Waals surface area contributed by atoms with Gasteiger partial charge in [-0.05, 0) is 58.6 Å². The third kappa shape index (κ3) is 6.03. The normalized spacial score (nSPS) is 17.0. The van der Waals surface area contributed by atoms with Crippen LogP contribution in [0.15, 0.2) is 36.4 Å². The summed E-state index contributed by atoms with van der Waals surface area (Å²) in [5, 5.41) is 5.44. The van der Waals surface area contributed by atoms with Gasteiger partial charge in [0.1, 0.15) is 24.1 Å². The Morgan fingerprint density at radius 2 is 1.84 bits per heavy atom. The lowest BCUT2D eigenvalue weighted by Gasteiger charge is -2.27. The molecule has 4 rings (SSSR count). The molecule has 11 heteroatoms. The van der Waals surface area contributed by atoms with Crippen LogP contribution in [0.25, 0.3) is 0 Å². The topological polar surface area (TPSA) is 117 Å². The summed E-state index contributed by atoms with van der Waals surface area (Å²) in [6.45, 7) is 5.09. The summed E-state index contributed by atoms with van der Waals surface area (Å²) >= 11 is 0. The Kier molecular flexibility index (Phi) is 8.77. The molecule has 2 aromatic carbocycles. The minimum absolute atomic E-state index is 0. The van der Waals surface area contributed by atoms with Gasteiger partial charge < -0.3 is 19.7 Å². The number of hydrogen-bond acceptors (Lipinski definition) is 8. The minimum atomic E-state index is -1.03. The van der Waals surface area contributed by atoms with E-state index in [2.05, 4.69) is 10.6 Å². The molecule has 1 fully saturated rings. The standard InChI is InChI=1S/C26H30N4O6.ClH/c1-15(2)36-21-14-16(35-13-12-29(3)4)8-9-18(21)27-19-7-5-6-17-23(19)26(34)30(25(17)33)20-10-11-22(31)28-24(20)32;/h5-9,14-15,20,27H,10-13H2,1-4H3,(H,28,31,32);1H. The number of carbonyl (C=O) groups is 4. The highest BCUT2D eigenvalue weighted by Gasteiger charge is 2.45. The van der Waals surface area contributed by atoms with Crippen LogP contribution in [0.2, 0.25) is 0 Å². The molecule has 0 aliphatic carbocycles. The molecule has 2 aliphatic heterocycles. The average molecular weight is 531 g/mol. The third-order valence-electron chi connectivity index (χ3n) is 5.86. The smallest absolute Gasteiger partial charge is 0.264 e. The van der Waals surface area contributed by atoms with Crippen LogP contribution in [0.4, 0.5) is 11.4 Å². The van der Waals surface area contributed by atoms with Crippen molar-refractivity contribution in [2.75, 3.05) is 32.6 Å². The maximum atomic E-state index is 13.4. The van der Waals surface area contributed by atoms with Crippen LogP contribution in [0.5, 0.6) is 11.5 Å². The lowest BCUT2D eigenvalue weighted by atomic mass is 10.0. The second-order valence-electron chi connectivity index (χ2n) is 9.28. The first-order chi connectivity index (χ1) is 17.2. The number of piperidine rings is 1. The lowest BCUT2D eigenvalue weighted by molar-refractivity contribution is -0.136. The molecule has 2 N–H and O–H groups in total. The van der Waals surface area contributed by atoms with Gasteiger partial charge in [0.15, 0.2) is 0 Å². The van der Waals surface area contributed by atoms with Crippen molar-refractivity contribution in [3.05, 3.63) is 47.5 Å². The Hall–Kier alpha value is -3.63. The molecule has 2 heterocycles. The van der Waals surface area contributed by atoms with Crippen LogP contribution < -0.4 is 20.1 Å². The number of likely N-dealkylation sites (N-methyl/N-ethyl adjacent to an activating group) is 1. The van der Waals surface area contributed by atoms with Gasteiger partial charge in [-0.1, -0.05) is 6.07 Å². The first-order valence-electron chi connectivity index (χ1n) is 11.9. The van der Waals surface area contributed by atoms with Crippen LogP contribution in [0, 0.1) is 0 Å². The van der Waals surface area contributed by atoms with Gasteiger partial charge in [-0.25, -0.2) is 0 Å². The van der Waals surface area contributed by atoms with Gasteiger partial charge in [-0.2, -0.15) is 0 Å². The Labute approximate surface area is 221 Å². The van der Waals surface area contributed by atoms with Gasteiger partial charge in [0, 0.05) is 19.0 Å². The van der Waals surface area contributed by atoms with Crippen molar-refractivity contribution in [1.82, 2.24) is 15.1 Å². The van der Waals surface area contributed by atoms with Crippen LogP contribution in [0.1, 0.15) is 47.4 Å². The van der Waals surface area contributed by atoms with E-state index >= 15 is 0 Å². The number of rotatable bonds is 9. The molecule has 4 amide bonds.